The Bertz CT molecular complexity index is 1230. The maximum Gasteiger partial charge on any atom is 0.251 e. The molecule has 1 amide bonds. The Hall–Kier alpha value is -3.93. The third-order valence-electron chi connectivity index (χ3n) is 5.46. The van der Waals surface area contributed by atoms with Crippen LogP contribution in [-0.2, 0) is 6.42 Å². The van der Waals surface area contributed by atoms with Crippen LogP contribution in [0, 0.1) is 6.92 Å². The number of nitrogens with zero attached hydrogens (tertiary/aromatic N) is 3. The zero-order valence-electron chi connectivity index (χ0n) is 17.2. The number of ether oxygens (including phenoxy) is 1. The van der Waals surface area contributed by atoms with Gasteiger partial charge in [-0.25, -0.2) is 4.68 Å². The van der Waals surface area contributed by atoms with E-state index in [0.717, 1.165) is 40.2 Å². The van der Waals surface area contributed by atoms with E-state index in [9.17, 15) is 4.79 Å². The second-order valence-electron chi connectivity index (χ2n) is 7.62. The predicted octanol–water partition coefficient (Wildman–Crippen LogP) is 3.98. The lowest BCUT2D eigenvalue weighted by atomic mass is 10.0. The number of rotatable bonds is 5. The third kappa shape index (κ3) is 3.80. The highest BCUT2D eigenvalue weighted by molar-refractivity contribution is 5.94. The number of aryl methyl sites for hydroxylation is 1. The van der Waals surface area contributed by atoms with Gasteiger partial charge in [-0.05, 0) is 54.4 Å². The minimum atomic E-state index is -0.130. The van der Waals surface area contributed by atoms with Gasteiger partial charge in [0.1, 0.15) is 11.9 Å². The van der Waals surface area contributed by atoms with Crippen LogP contribution < -0.4 is 10.1 Å². The van der Waals surface area contributed by atoms with Crippen molar-refractivity contribution in [2.75, 3.05) is 6.54 Å². The molecule has 1 aliphatic heterocycles. The number of fused-ring (bicyclic) bond motifs is 1. The topological polar surface area (TPSA) is 69.0 Å². The van der Waals surface area contributed by atoms with E-state index < -0.39 is 0 Å². The fourth-order valence-electron chi connectivity index (χ4n) is 3.93. The van der Waals surface area contributed by atoms with Gasteiger partial charge in [0.2, 0.25) is 0 Å². The standard InChI is InChI=1S/C25H22N4O2/c1-17-6-4-11-26-23(17)22-10-3-7-18-15-21(31-24(18)22)16-27-25(30)19-8-2-9-20(14-19)29-13-5-12-28-29/h2-14,21H,15-16H2,1H3,(H,27,30)/t21-/m0/s1. The lowest BCUT2D eigenvalue weighted by Crippen LogP contribution is -2.34. The molecule has 0 fully saturated rings. The van der Waals surface area contributed by atoms with Crippen molar-refractivity contribution >= 4 is 5.91 Å². The Labute approximate surface area is 180 Å². The van der Waals surface area contributed by atoms with Crippen molar-refractivity contribution in [1.29, 1.82) is 0 Å². The van der Waals surface area contributed by atoms with E-state index in [1.807, 2.05) is 61.7 Å². The quantitative estimate of drug-likeness (QED) is 0.540. The van der Waals surface area contributed by atoms with Gasteiger partial charge in [-0.2, -0.15) is 5.10 Å². The first-order chi connectivity index (χ1) is 15.2. The molecule has 5 rings (SSSR count). The number of hydrogen-bond acceptors (Lipinski definition) is 4. The van der Waals surface area contributed by atoms with E-state index in [4.69, 9.17) is 4.74 Å². The second-order valence-corrected chi connectivity index (χ2v) is 7.62. The van der Waals surface area contributed by atoms with Crippen molar-refractivity contribution in [3.05, 3.63) is 95.9 Å². The van der Waals surface area contributed by atoms with E-state index in [1.165, 1.54) is 0 Å². The van der Waals surface area contributed by atoms with Gasteiger partial charge >= 0.3 is 0 Å². The van der Waals surface area contributed by atoms with Gasteiger partial charge in [0.05, 0.1) is 17.9 Å². The number of carbonyl (C=O) groups excluding carboxylic acids is 1. The minimum absolute atomic E-state index is 0.113. The molecule has 0 saturated heterocycles. The Balaban J connectivity index is 1.28. The predicted molar refractivity (Wildman–Crippen MR) is 118 cm³/mol. The molecule has 4 aromatic rings. The molecule has 0 spiro atoms. The van der Waals surface area contributed by atoms with Gasteiger partial charge in [0, 0.05) is 36.1 Å². The van der Waals surface area contributed by atoms with Gasteiger partial charge in [-0.1, -0.05) is 24.3 Å². The first kappa shape index (κ1) is 19.1. The summed E-state index contributed by atoms with van der Waals surface area (Å²) in [5.41, 5.74) is 5.61. The SMILES string of the molecule is Cc1cccnc1-c1cccc2c1O[C@H](CNC(=O)c1cccc(-n3cccn3)c1)C2. The van der Waals surface area contributed by atoms with E-state index in [0.29, 0.717) is 12.1 Å². The molecular formula is C25H22N4O2. The Morgan fingerprint density at radius 2 is 2.03 bits per heavy atom. The van der Waals surface area contributed by atoms with Crippen LogP contribution in [0.25, 0.3) is 16.9 Å². The van der Waals surface area contributed by atoms with E-state index >= 15 is 0 Å². The molecule has 0 aliphatic carbocycles. The van der Waals surface area contributed by atoms with Crippen LogP contribution in [0.3, 0.4) is 0 Å². The van der Waals surface area contributed by atoms with Crippen LogP contribution in [0.4, 0.5) is 0 Å². The molecule has 31 heavy (non-hydrogen) atoms. The monoisotopic (exact) mass is 410 g/mol. The second kappa shape index (κ2) is 8.07. The van der Waals surface area contributed by atoms with Crippen LogP contribution in [0.15, 0.2) is 79.3 Å². The number of nitrogens with one attached hydrogen (secondary N) is 1. The zero-order chi connectivity index (χ0) is 21.2. The molecule has 0 saturated carbocycles. The molecule has 2 aromatic heterocycles. The number of amides is 1. The fourth-order valence-corrected chi connectivity index (χ4v) is 3.93. The maximum atomic E-state index is 12.7. The maximum absolute atomic E-state index is 12.7. The van der Waals surface area contributed by atoms with Crippen molar-refractivity contribution in [3.63, 3.8) is 0 Å². The van der Waals surface area contributed by atoms with Crippen LogP contribution in [0.5, 0.6) is 5.75 Å². The van der Waals surface area contributed by atoms with Gasteiger partial charge < -0.3 is 10.1 Å². The fraction of sp³-hybridized carbons (Fsp3) is 0.160. The highest BCUT2D eigenvalue weighted by Gasteiger charge is 2.27. The number of benzene rings is 2. The minimum Gasteiger partial charge on any atom is -0.487 e. The lowest BCUT2D eigenvalue weighted by molar-refractivity contribution is 0.0933. The molecule has 1 N–H and O–H groups in total. The molecule has 0 bridgehead atoms. The van der Waals surface area contributed by atoms with Crippen molar-refractivity contribution < 1.29 is 9.53 Å². The average molecular weight is 410 g/mol. The average Bonchev–Trinajstić information content (AvgIpc) is 3.48. The first-order valence-electron chi connectivity index (χ1n) is 10.3. The Morgan fingerprint density at radius 3 is 2.87 bits per heavy atom. The summed E-state index contributed by atoms with van der Waals surface area (Å²) in [4.78, 5) is 17.3. The highest BCUT2D eigenvalue weighted by atomic mass is 16.5. The molecule has 6 heteroatoms. The highest BCUT2D eigenvalue weighted by Crippen LogP contribution is 2.38. The summed E-state index contributed by atoms with van der Waals surface area (Å²) in [6.07, 6.45) is 6.00. The third-order valence-corrected chi connectivity index (χ3v) is 5.46. The first-order valence-corrected chi connectivity index (χ1v) is 10.3. The van der Waals surface area contributed by atoms with Gasteiger partial charge in [0.15, 0.2) is 0 Å². The number of hydrogen-bond donors (Lipinski definition) is 1. The van der Waals surface area contributed by atoms with Crippen molar-refractivity contribution in [2.24, 2.45) is 0 Å². The molecule has 154 valence electrons. The lowest BCUT2D eigenvalue weighted by Gasteiger charge is -2.14. The van der Waals surface area contributed by atoms with Gasteiger partial charge in [-0.15, -0.1) is 0 Å². The summed E-state index contributed by atoms with van der Waals surface area (Å²) in [5, 5.41) is 7.23. The number of aromatic nitrogens is 3. The Morgan fingerprint density at radius 1 is 1.13 bits per heavy atom. The van der Waals surface area contributed by atoms with E-state index in [2.05, 4.69) is 21.5 Å². The Kier molecular flexibility index (Phi) is 4.96. The molecule has 1 aliphatic rings. The molecule has 0 unspecified atom stereocenters. The van der Waals surface area contributed by atoms with Gasteiger partial charge in [-0.3, -0.25) is 9.78 Å². The van der Waals surface area contributed by atoms with Crippen LogP contribution in [0.1, 0.15) is 21.5 Å². The molecule has 6 nitrogen and oxygen atoms in total. The number of carbonyl (C=O) groups is 1. The smallest absolute Gasteiger partial charge is 0.251 e. The van der Waals surface area contributed by atoms with Crippen molar-refractivity contribution in [2.45, 2.75) is 19.4 Å². The normalized spacial score (nSPS) is 14.7. The largest absolute Gasteiger partial charge is 0.487 e. The van der Waals surface area contributed by atoms with Crippen molar-refractivity contribution in [3.8, 4) is 22.7 Å². The summed E-state index contributed by atoms with van der Waals surface area (Å²) in [6, 6.07) is 19.4. The molecular weight excluding hydrogens is 388 g/mol. The summed E-state index contributed by atoms with van der Waals surface area (Å²) >= 11 is 0. The van der Waals surface area contributed by atoms with E-state index in [1.54, 1.807) is 23.1 Å². The number of pyridine rings is 1. The van der Waals surface area contributed by atoms with E-state index in [-0.39, 0.29) is 12.0 Å². The summed E-state index contributed by atoms with van der Waals surface area (Å²) in [5.74, 6) is 0.735. The van der Waals surface area contributed by atoms with Crippen molar-refractivity contribution in [1.82, 2.24) is 20.1 Å². The summed E-state index contributed by atoms with van der Waals surface area (Å²) in [7, 11) is 0. The molecule has 2 aromatic carbocycles. The molecule has 0 radical (unpaired) electrons. The van der Waals surface area contributed by atoms with Gasteiger partial charge in [0.25, 0.3) is 5.91 Å². The van der Waals surface area contributed by atoms with Crippen LogP contribution in [0.2, 0.25) is 0 Å². The zero-order valence-corrected chi connectivity index (χ0v) is 17.2. The summed E-state index contributed by atoms with van der Waals surface area (Å²) in [6.45, 7) is 2.48. The van der Waals surface area contributed by atoms with Crippen LogP contribution >= 0.6 is 0 Å². The molecule has 1 atom stereocenters. The van der Waals surface area contributed by atoms with Crippen LogP contribution in [-0.4, -0.2) is 33.3 Å². The summed E-state index contributed by atoms with van der Waals surface area (Å²) < 4.78 is 7.98. The molecule has 3 heterocycles. The number of para-hydroxylation sites is 1.